The molecule has 8 nitrogen and oxygen atoms in total. The van der Waals surface area contributed by atoms with Crippen molar-refractivity contribution in [1.29, 1.82) is 0 Å². The standard InChI is InChI=1S/C23H26N4O4S/c1-15(2)21(17-8-9-18-19(12-17)31-11-10-30-18)24-20(28)14-32-23-26-25-22(29)27(23)13-16-6-4-3-5-7-16/h3-9,12,15,21H,10-11,13-14H2,1-2H3,(H,24,28)(H,25,29). The molecule has 2 N–H and O–H groups in total. The van der Waals surface area contributed by atoms with Crippen molar-refractivity contribution < 1.29 is 14.3 Å². The zero-order valence-electron chi connectivity index (χ0n) is 18.0. The summed E-state index contributed by atoms with van der Waals surface area (Å²) in [6.07, 6.45) is 0. The number of nitrogens with zero attached hydrogens (tertiary/aromatic N) is 2. The van der Waals surface area contributed by atoms with Crippen LogP contribution in [0, 0.1) is 5.92 Å². The van der Waals surface area contributed by atoms with E-state index in [1.807, 2.05) is 48.5 Å². The molecule has 1 amide bonds. The van der Waals surface area contributed by atoms with Crippen LogP contribution in [0.25, 0.3) is 0 Å². The SMILES string of the molecule is CC(C)C(NC(=O)CSc1n[nH]c(=O)n1Cc1ccccc1)c1ccc2c(c1)OCCO2. The van der Waals surface area contributed by atoms with E-state index in [1.54, 1.807) is 0 Å². The number of fused-ring (bicyclic) bond motifs is 1. The fraction of sp³-hybridized carbons (Fsp3) is 0.348. The maximum absolute atomic E-state index is 12.8. The number of amides is 1. The van der Waals surface area contributed by atoms with Gasteiger partial charge in [-0.2, -0.15) is 0 Å². The van der Waals surface area contributed by atoms with Crippen molar-refractivity contribution in [3.05, 3.63) is 70.1 Å². The highest BCUT2D eigenvalue weighted by Gasteiger charge is 2.22. The summed E-state index contributed by atoms with van der Waals surface area (Å²) in [7, 11) is 0. The second-order valence-electron chi connectivity index (χ2n) is 7.86. The van der Waals surface area contributed by atoms with Crippen LogP contribution in [0.1, 0.15) is 31.0 Å². The first-order valence-electron chi connectivity index (χ1n) is 10.5. The van der Waals surface area contributed by atoms with E-state index in [-0.39, 0.29) is 29.3 Å². The summed E-state index contributed by atoms with van der Waals surface area (Å²) in [5.41, 5.74) is 1.65. The normalized spacial score (nSPS) is 13.7. The van der Waals surface area contributed by atoms with E-state index in [2.05, 4.69) is 29.4 Å². The lowest BCUT2D eigenvalue weighted by Gasteiger charge is -2.25. The number of rotatable bonds is 8. The molecular weight excluding hydrogens is 428 g/mol. The van der Waals surface area contributed by atoms with Gasteiger partial charge in [-0.3, -0.25) is 9.36 Å². The van der Waals surface area contributed by atoms with Crippen molar-refractivity contribution in [3.63, 3.8) is 0 Å². The Kier molecular flexibility index (Phi) is 6.84. The van der Waals surface area contributed by atoms with Gasteiger partial charge in [0.15, 0.2) is 16.7 Å². The van der Waals surface area contributed by atoms with E-state index in [0.29, 0.717) is 30.7 Å². The van der Waals surface area contributed by atoms with Gasteiger partial charge in [0, 0.05) is 0 Å². The first kappa shape index (κ1) is 22.0. The first-order chi connectivity index (χ1) is 15.5. The van der Waals surface area contributed by atoms with Gasteiger partial charge >= 0.3 is 5.69 Å². The molecule has 0 radical (unpaired) electrons. The predicted octanol–water partition coefficient (Wildman–Crippen LogP) is 3.00. The van der Waals surface area contributed by atoms with Crippen molar-refractivity contribution in [3.8, 4) is 11.5 Å². The van der Waals surface area contributed by atoms with Crippen LogP contribution in [0.5, 0.6) is 11.5 Å². The van der Waals surface area contributed by atoms with Gasteiger partial charge in [0.05, 0.1) is 18.3 Å². The molecule has 9 heteroatoms. The smallest absolute Gasteiger partial charge is 0.344 e. The lowest BCUT2D eigenvalue weighted by molar-refractivity contribution is -0.119. The Morgan fingerprint density at radius 3 is 2.66 bits per heavy atom. The molecule has 1 unspecified atom stereocenters. The molecule has 1 atom stereocenters. The minimum Gasteiger partial charge on any atom is -0.486 e. The minimum absolute atomic E-state index is 0.134. The van der Waals surface area contributed by atoms with Crippen LogP contribution >= 0.6 is 11.8 Å². The van der Waals surface area contributed by atoms with Gasteiger partial charge in [-0.15, -0.1) is 5.10 Å². The van der Waals surface area contributed by atoms with Crippen LogP contribution in [-0.4, -0.2) is 39.6 Å². The Morgan fingerprint density at radius 1 is 1.16 bits per heavy atom. The summed E-state index contributed by atoms with van der Waals surface area (Å²) in [5, 5.41) is 10.1. The van der Waals surface area contributed by atoms with Crippen LogP contribution in [0.15, 0.2) is 58.5 Å². The average Bonchev–Trinajstić information content (AvgIpc) is 3.15. The molecule has 0 bridgehead atoms. The largest absolute Gasteiger partial charge is 0.486 e. The number of aromatic nitrogens is 3. The van der Waals surface area contributed by atoms with E-state index in [9.17, 15) is 9.59 Å². The van der Waals surface area contributed by atoms with E-state index in [0.717, 1.165) is 16.9 Å². The highest BCUT2D eigenvalue weighted by Crippen LogP contribution is 2.34. The molecule has 1 aromatic heterocycles. The Bertz CT molecular complexity index is 1130. The lowest BCUT2D eigenvalue weighted by Crippen LogP contribution is -2.33. The Labute approximate surface area is 190 Å². The summed E-state index contributed by atoms with van der Waals surface area (Å²) in [5.74, 6) is 1.61. The second kappa shape index (κ2) is 9.95. The molecule has 0 aliphatic carbocycles. The van der Waals surface area contributed by atoms with Crippen LogP contribution in [0.4, 0.5) is 0 Å². The van der Waals surface area contributed by atoms with Gasteiger partial charge in [-0.25, -0.2) is 9.89 Å². The number of hydrogen-bond donors (Lipinski definition) is 2. The van der Waals surface area contributed by atoms with Gasteiger partial charge in [-0.1, -0.05) is 62.0 Å². The van der Waals surface area contributed by atoms with Gasteiger partial charge in [0.25, 0.3) is 0 Å². The molecule has 3 aromatic rings. The summed E-state index contributed by atoms with van der Waals surface area (Å²) >= 11 is 1.23. The highest BCUT2D eigenvalue weighted by molar-refractivity contribution is 7.99. The molecule has 2 heterocycles. The maximum atomic E-state index is 12.8. The quantitative estimate of drug-likeness (QED) is 0.508. The van der Waals surface area contributed by atoms with Crippen LogP contribution in [0.2, 0.25) is 0 Å². The molecule has 1 aliphatic rings. The monoisotopic (exact) mass is 454 g/mol. The number of benzene rings is 2. The van der Waals surface area contributed by atoms with Gasteiger partial charge in [0.1, 0.15) is 13.2 Å². The fourth-order valence-electron chi connectivity index (χ4n) is 3.55. The second-order valence-corrected chi connectivity index (χ2v) is 8.81. The Balaban J connectivity index is 1.41. The van der Waals surface area contributed by atoms with Crippen molar-refractivity contribution >= 4 is 17.7 Å². The molecule has 2 aromatic carbocycles. The molecule has 0 spiro atoms. The number of carbonyl (C=O) groups excluding carboxylic acids is 1. The Hall–Kier alpha value is -3.20. The number of aromatic amines is 1. The van der Waals surface area contributed by atoms with Gasteiger partial charge in [-0.05, 0) is 29.2 Å². The van der Waals surface area contributed by atoms with Gasteiger partial charge < -0.3 is 14.8 Å². The molecule has 0 saturated heterocycles. The molecule has 32 heavy (non-hydrogen) atoms. The maximum Gasteiger partial charge on any atom is 0.344 e. The number of hydrogen-bond acceptors (Lipinski definition) is 6. The van der Waals surface area contributed by atoms with Crippen LogP contribution in [-0.2, 0) is 11.3 Å². The minimum atomic E-state index is -0.298. The van der Waals surface area contributed by atoms with Crippen LogP contribution in [0.3, 0.4) is 0 Å². The summed E-state index contributed by atoms with van der Waals surface area (Å²) in [6.45, 7) is 5.56. The van der Waals surface area contributed by atoms with E-state index < -0.39 is 0 Å². The molecule has 168 valence electrons. The zero-order valence-corrected chi connectivity index (χ0v) is 18.9. The van der Waals surface area contributed by atoms with E-state index in [1.165, 1.54) is 16.3 Å². The number of nitrogens with one attached hydrogen (secondary N) is 2. The fourth-order valence-corrected chi connectivity index (χ4v) is 4.31. The molecule has 0 fully saturated rings. The first-order valence-corrected chi connectivity index (χ1v) is 11.5. The summed E-state index contributed by atoms with van der Waals surface area (Å²) < 4.78 is 12.8. The van der Waals surface area contributed by atoms with E-state index in [4.69, 9.17) is 9.47 Å². The molecular formula is C23H26N4O4S. The van der Waals surface area contributed by atoms with Crippen LogP contribution < -0.4 is 20.5 Å². The van der Waals surface area contributed by atoms with Gasteiger partial charge in [0.2, 0.25) is 5.91 Å². The zero-order chi connectivity index (χ0) is 22.5. The third-order valence-corrected chi connectivity index (χ3v) is 6.12. The predicted molar refractivity (Wildman–Crippen MR) is 122 cm³/mol. The third-order valence-electron chi connectivity index (χ3n) is 5.15. The third kappa shape index (κ3) is 5.16. The Morgan fingerprint density at radius 2 is 1.91 bits per heavy atom. The number of H-pyrrole nitrogens is 1. The van der Waals surface area contributed by atoms with Crippen molar-refractivity contribution in [1.82, 2.24) is 20.1 Å². The van der Waals surface area contributed by atoms with Crippen molar-refractivity contribution in [2.75, 3.05) is 19.0 Å². The number of thioether (sulfide) groups is 1. The number of ether oxygens (including phenoxy) is 2. The summed E-state index contributed by atoms with van der Waals surface area (Å²) in [4.78, 5) is 24.9. The van der Waals surface area contributed by atoms with Crippen molar-refractivity contribution in [2.24, 2.45) is 5.92 Å². The van der Waals surface area contributed by atoms with Crippen molar-refractivity contribution in [2.45, 2.75) is 31.6 Å². The van der Waals surface area contributed by atoms with E-state index >= 15 is 0 Å². The topological polar surface area (TPSA) is 98.2 Å². The molecule has 1 aliphatic heterocycles. The molecule has 4 rings (SSSR count). The molecule has 0 saturated carbocycles. The number of carbonyl (C=O) groups is 1. The summed E-state index contributed by atoms with van der Waals surface area (Å²) in [6, 6.07) is 15.2. The highest BCUT2D eigenvalue weighted by atomic mass is 32.2. The average molecular weight is 455 g/mol. The lowest BCUT2D eigenvalue weighted by atomic mass is 9.95.